The van der Waals surface area contributed by atoms with Crippen molar-refractivity contribution in [3.63, 3.8) is 0 Å². The monoisotopic (exact) mass is 419 g/mol. The van der Waals surface area contributed by atoms with Gasteiger partial charge in [-0.1, -0.05) is 50.2 Å². The molecule has 3 aromatic carbocycles. The average Bonchev–Trinajstić information content (AvgIpc) is 2.78. The van der Waals surface area contributed by atoms with Gasteiger partial charge in [-0.25, -0.2) is 0 Å². The summed E-state index contributed by atoms with van der Waals surface area (Å²) in [6.07, 6.45) is 0.981. The lowest BCUT2D eigenvalue weighted by Gasteiger charge is -2.13. The normalized spacial score (nSPS) is 10.5. The van der Waals surface area contributed by atoms with Gasteiger partial charge in [-0.2, -0.15) is 0 Å². The van der Waals surface area contributed by atoms with Crippen LogP contribution in [0.5, 0.6) is 17.2 Å². The van der Waals surface area contributed by atoms with Crippen LogP contribution in [0.25, 0.3) is 0 Å². The number of carbonyl (C=O) groups excluding carboxylic acids is 1. The van der Waals surface area contributed by atoms with E-state index in [4.69, 9.17) is 14.2 Å². The SMILES string of the molecule is CC(C)CCOc1cccc(NC(=O)c2ccccc2OCCOc2ccccc2)c1. The molecule has 162 valence electrons. The van der Waals surface area contributed by atoms with Crippen molar-refractivity contribution in [1.82, 2.24) is 0 Å². The molecule has 0 bridgehead atoms. The van der Waals surface area contributed by atoms with E-state index in [0.29, 0.717) is 42.7 Å². The van der Waals surface area contributed by atoms with E-state index in [2.05, 4.69) is 19.2 Å². The van der Waals surface area contributed by atoms with Gasteiger partial charge in [0.05, 0.1) is 12.2 Å². The number of carbonyl (C=O) groups is 1. The summed E-state index contributed by atoms with van der Waals surface area (Å²) in [5.74, 6) is 2.38. The molecule has 3 rings (SSSR count). The number of para-hydroxylation sites is 2. The van der Waals surface area contributed by atoms with Crippen LogP contribution in [0.15, 0.2) is 78.9 Å². The standard InChI is InChI=1S/C26H29NO4/c1-20(2)15-16-29-23-12-8-9-21(19-23)27-26(28)24-13-6-7-14-25(24)31-18-17-30-22-10-4-3-5-11-22/h3-14,19-20H,15-18H2,1-2H3,(H,27,28). The lowest BCUT2D eigenvalue weighted by atomic mass is 10.1. The zero-order valence-electron chi connectivity index (χ0n) is 18.0. The van der Waals surface area contributed by atoms with Gasteiger partial charge in [0, 0.05) is 11.8 Å². The maximum absolute atomic E-state index is 12.8. The third-order valence-corrected chi connectivity index (χ3v) is 4.54. The molecule has 1 N–H and O–H groups in total. The van der Waals surface area contributed by atoms with Gasteiger partial charge < -0.3 is 19.5 Å². The fourth-order valence-electron chi connectivity index (χ4n) is 2.88. The summed E-state index contributed by atoms with van der Waals surface area (Å²) in [5.41, 5.74) is 1.14. The number of benzene rings is 3. The predicted molar refractivity (Wildman–Crippen MR) is 123 cm³/mol. The third-order valence-electron chi connectivity index (χ3n) is 4.54. The third kappa shape index (κ3) is 7.37. The number of hydrogen-bond acceptors (Lipinski definition) is 4. The molecule has 0 saturated carbocycles. The highest BCUT2D eigenvalue weighted by Crippen LogP contribution is 2.22. The van der Waals surface area contributed by atoms with Crippen LogP contribution in [-0.4, -0.2) is 25.7 Å². The minimum Gasteiger partial charge on any atom is -0.494 e. The molecule has 0 radical (unpaired) electrons. The molecule has 0 aliphatic heterocycles. The number of anilines is 1. The number of hydrogen-bond donors (Lipinski definition) is 1. The fourth-order valence-corrected chi connectivity index (χ4v) is 2.88. The van der Waals surface area contributed by atoms with E-state index in [1.807, 2.05) is 66.7 Å². The largest absolute Gasteiger partial charge is 0.494 e. The second-order valence-electron chi connectivity index (χ2n) is 7.52. The van der Waals surface area contributed by atoms with Crippen LogP contribution >= 0.6 is 0 Å². The maximum Gasteiger partial charge on any atom is 0.259 e. The quantitative estimate of drug-likeness (QED) is 0.398. The smallest absolute Gasteiger partial charge is 0.259 e. The summed E-state index contributed by atoms with van der Waals surface area (Å²) < 4.78 is 17.2. The molecule has 0 aliphatic rings. The fraction of sp³-hybridized carbons (Fsp3) is 0.269. The predicted octanol–water partition coefficient (Wildman–Crippen LogP) is 5.82. The van der Waals surface area contributed by atoms with Crippen LogP contribution < -0.4 is 19.5 Å². The summed E-state index contributed by atoms with van der Waals surface area (Å²) >= 11 is 0. The highest BCUT2D eigenvalue weighted by molar-refractivity contribution is 6.06. The molecule has 3 aromatic rings. The number of amides is 1. The molecule has 0 atom stereocenters. The summed E-state index contributed by atoms with van der Waals surface area (Å²) in [5, 5.41) is 2.92. The van der Waals surface area contributed by atoms with Crippen molar-refractivity contribution in [3.8, 4) is 17.2 Å². The summed E-state index contributed by atoms with van der Waals surface area (Å²) in [6, 6.07) is 24.1. The van der Waals surface area contributed by atoms with Crippen LogP contribution in [0.4, 0.5) is 5.69 Å². The molecule has 5 heteroatoms. The van der Waals surface area contributed by atoms with Crippen LogP contribution in [0.1, 0.15) is 30.6 Å². The average molecular weight is 420 g/mol. The Kier molecular flexibility index (Phi) is 8.35. The molecule has 0 saturated heterocycles. The highest BCUT2D eigenvalue weighted by Gasteiger charge is 2.13. The first-order valence-corrected chi connectivity index (χ1v) is 10.6. The van der Waals surface area contributed by atoms with Gasteiger partial charge in [0.1, 0.15) is 30.5 Å². The van der Waals surface area contributed by atoms with Gasteiger partial charge in [0.15, 0.2) is 0 Å². The van der Waals surface area contributed by atoms with Crippen molar-refractivity contribution in [2.75, 3.05) is 25.1 Å². The number of ether oxygens (including phenoxy) is 3. The van der Waals surface area contributed by atoms with Crippen molar-refractivity contribution in [3.05, 3.63) is 84.4 Å². The second kappa shape index (κ2) is 11.6. The summed E-state index contributed by atoms with van der Waals surface area (Å²) in [6.45, 7) is 5.69. The van der Waals surface area contributed by atoms with Crippen LogP contribution in [0, 0.1) is 5.92 Å². The minimum absolute atomic E-state index is 0.237. The Morgan fingerprint density at radius 3 is 2.26 bits per heavy atom. The van der Waals surface area contributed by atoms with E-state index in [-0.39, 0.29) is 5.91 Å². The Morgan fingerprint density at radius 2 is 1.45 bits per heavy atom. The van der Waals surface area contributed by atoms with Gasteiger partial charge in [0.25, 0.3) is 5.91 Å². The zero-order chi connectivity index (χ0) is 21.9. The maximum atomic E-state index is 12.8. The molecule has 5 nitrogen and oxygen atoms in total. The number of nitrogens with one attached hydrogen (secondary N) is 1. The Bertz CT molecular complexity index is 956. The molecule has 0 spiro atoms. The first-order valence-electron chi connectivity index (χ1n) is 10.6. The van der Waals surface area contributed by atoms with Crippen LogP contribution in [-0.2, 0) is 0 Å². The van der Waals surface area contributed by atoms with Gasteiger partial charge in [-0.05, 0) is 48.7 Å². The van der Waals surface area contributed by atoms with Gasteiger partial charge in [-0.15, -0.1) is 0 Å². The summed E-state index contributed by atoms with van der Waals surface area (Å²) in [7, 11) is 0. The molecule has 31 heavy (non-hydrogen) atoms. The molecular weight excluding hydrogens is 390 g/mol. The van der Waals surface area contributed by atoms with E-state index >= 15 is 0 Å². The van der Waals surface area contributed by atoms with E-state index in [1.54, 1.807) is 12.1 Å². The van der Waals surface area contributed by atoms with Crippen LogP contribution in [0.3, 0.4) is 0 Å². The second-order valence-corrected chi connectivity index (χ2v) is 7.52. The van der Waals surface area contributed by atoms with Gasteiger partial charge in [-0.3, -0.25) is 4.79 Å². The molecule has 1 amide bonds. The Balaban J connectivity index is 1.55. The van der Waals surface area contributed by atoms with Crippen molar-refractivity contribution >= 4 is 11.6 Å². The van der Waals surface area contributed by atoms with Crippen molar-refractivity contribution in [2.24, 2.45) is 5.92 Å². The van der Waals surface area contributed by atoms with Crippen molar-refractivity contribution in [1.29, 1.82) is 0 Å². The van der Waals surface area contributed by atoms with E-state index < -0.39 is 0 Å². The van der Waals surface area contributed by atoms with Gasteiger partial charge >= 0.3 is 0 Å². The molecule has 0 unspecified atom stereocenters. The van der Waals surface area contributed by atoms with E-state index in [1.165, 1.54) is 0 Å². The summed E-state index contributed by atoms with van der Waals surface area (Å²) in [4.78, 5) is 12.8. The Labute approximate surface area is 184 Å². The lowest BCUT2D eigenvalue weighted by molar-refractivity contribution is 0.102. The van der Waals surface area contributed by atoms with Gasteiger partial charge in [0.2, 0.25) is 0 Å². The first kappa shape index (κ1) is 22.2. The first-order chi connectivity index (χ1) is 15.1. The molecule has 0 fully saturated rings. The van der Waals surface area contributed by atoms with E-state index in [9.17, 15) is 4.79 Å². The topological polar surface area (TPSA) is 56.8 Å². The highest BCUT2D eigenvalue weighted by atomic mass is 16.5. The zero-order valence-corrected chi connectivity index (χ0v) is 18.0. The number of rotatable bonds is 11. The molecule has 0 heterocycles. The Hall–Kier alpha value is -3.47. The van der Waals surface area contributed by atoms with Crippen LogP contribution in [0.2, 0.25) is 0 Å². The molecular formula is C26H29NO4. The Morgan fingerprint density at radius 1 is 0.774 bits per heavy atom. The molecule has 0 aromatic heterocycles. The van der Waals surface area contributed by atoms with Crippen molar-refractivity contribution in [2.45, 2.75) is 20.3 Å². The molecule has 0 aliphatic carbocycles. The van der Waals surface area contributed by atoms with Crippen molar-refractivity contribution < 1.29 is 19.0 Å². The van der Waals surface area contributed by atoms with E-state index in [0.717, 1.165) is 17.9 Å². The minimum atomic E-state index is -0.237. The lowest BCUT2D eigenvalue weighted by Crippen LogP contribution is -2.15.